The lowest BCUT2D eigenvalue weighted by molar-refractivity contribution is -0.110. The van der Waals surface area contributed by atoms with Crippen molar-refractivity contribution in [2.75, 3.05) is 38.5 Å². The molecule has 0 spiro atoms. The van der Waals surface area contributed by atoms with Gasteiger partial charge < -0.3 is 10.2 Å². The summed E-state index contributed by atoms with van der Waals surface area (Å²) in [6.07, 6.45) is 0. The lowest BCUT2D eigenvalue weighted by Gasteiger charge is -2.30. The molecule has 1 aromatic carbocycles. The average molecular weight is 272 g/mol. The molecule has 1 N–H and O–H groups in total. The molecule has 0 bridgehead atoms. The maximum absolute atomic E-state index is 12.2. The molecule has 1 fully saturated rings. The summed E-state index contributed by atoms with van der Waals surface area (Å²) < 4.78 is 0. The summed E-state index contributed by atoms with van der Waals surface area (Å²) in [6.45, 7) is 7.74. The highest BCUT2D eigenvalue weighted by atomic mass is 16.2. The monoisotopic (exact) mass is 272 g/mol. The Morgan fingerprint density at radius 2 is 1.75 bits per heavy atom. The lowest BCUT2D eigenvalue weighted by Crippen LogP contribution is -2.42. The van der Waals surface area contributed by atoms with Gasteiger partial charge in [-0.05, 0) is 32.0 Å². The van der Waals surface area contributed by atoms with E-state index in [4.69, 9.17) is 0 Å². The lowest BCUT2D eigenvalue weighted by atomic mass is 10.0. The minimum absolute atomic E-state index is 0.0867. The molecular weight excluding hydrogens is 252 g/mol. The first-order valence-corrected chi connectivity index (χ1v) is 7.00. The van der Waals surface area contributed by atoms with E-state index in [-0.39, 0.29) is 5.91 Å². The zero-order chi connectivity index (χ0) is 14.3. The second-order valence-corrected chi connectivity index (χ2v) is 5.61. The average Bonchev–Trinajstić information content (AvgIpc) is 2.75. The molecule has 106 valence electrons. The summed E-state index contributed by atoms with van der Waals surface area (Å²) in [4.78, 5) is 14.5. The Morgan fingerprint density at radius 3 is 2.45 bits per heavy atom. The fraction of sp³-hybridized carbons (Fsp3) is 0.467. The number of hydrogen-bond acceptors (Lipinski definition) is 4. The molecule has 2 heterocycles. The quantitative estimate of drug-likeness (QED) is 0.836. The molecule has 0 unspecified atom stereocenters. The van der Waals surface area contributed by atoms with Gasteiger partial charge in [0.2, 0.25) is 0 Å². The summed E-state index contributed by atoms with van der Waals surface area (Å²) in [7, 11) is 2.11. The zero-order valence-electron chi connectivity index (χ0n) is 12.2. The van der Waals surface area contributed by atoms with Crippen molar-refractivity contribution in [1.82, 2.24) is 9.91 Å². The van der Waals surface area contributed by atoms with Crippen LogP contribution in [0.25, 0.3) is 0 Å². The number of fused-ring (bicyclic) bond motifs is 1. The van der Waals surface area contributed by atoms with E-state index in [1.807, 2.05) is 31.0 Å². The molecule has 0 aromatic heterocycles. The number of likely N-dealkylation sites (N-methyl/N-ethyl adjacent to an activating group) is 1. The third-order valence-corrected chi connectivity index (χ3v) is 4.03. The minimum Gasteiger partial charge on any atom is -0.320 e. The molecule has 20 heavy (non-hydrogen) atoms. The van der Waals surface area contributed by atoms with Gasteiger partial charge in [-0.1, -0.05) is 12.1 Å². The van der Waals surface area contributed by atoms with Crippen molar-refractivity contribution in [3.8, 4) is 0 Å². The third-order valence-electron chi connectivity index (χ3n) is 4.03. The maximum atomic E-state index is 12.2. The Labute approximate surface area is 119 Å². The van der Waals surface area contributed by atoms with E-state index in [2.05, 4.69) is 22.4 Å². The van der Waals surface area contributed by atoms with Gasteiger partial charge in [0.15, 0.2) is 5.71 Å². The number of hydrogen-bond donors (Lipinski definition) is 1. The first-order chi connectivity index (χ1) is 9.56. The predicted molar refractivity (Wildman–Crippen MR) is 80.2 cm³/mol. The van der Waals surface area contributed by atoms with Crippen LogP contribution in [0, 0.1) is 13.8 Å². The Kier molecular flexibility index (Phi) is 3.22. The van der Waals surface area contributed by atoms with Crippen LogP contribution < -0.4 is 5.32 Å². The van der Waals surface area contributed by atoms with Crippen LogP contribution in [0.15, 0.2) is 17.2 Å². The molecule has 1 aromatic rings. The van der Waals surface area contributed by atoms with Gasteiger partial charge >= 0.3 is 0 Å². The number of benzene rings is 1. The van der Waals surface area contributed by atoms with Gasteiger partial charge in [-0.2, -0.15) is 5.10 Å². The molecule has 5 heteroatoms. The van der Waals surface area contributed by atoms with Crippen molar-refractivity contribution >= 4 is 17.3 Å². The van der Waals surface area contributed by atoms with Crippen LogP contribution in [0.2, 0.25) is 0 Å². The van der Waals surface area contributed by atoms with Crippen molar-refractivity contribution in [3.05, 3.63) is 28.8 Å². The summed E-state index contributed by atoms with van der Waals surface area (Å²) in [6, 6.07) is 4.08. The molecule has 0 saturated carbocycles. The zero-order valence-corrected chi connectivity index (χ0v) is 12.2. The van der Waals surface area contributed by atoms with E-state index in [9.17, 15) is 4.79 Å². The first kappa shape index (κ1) is 13.1. The number of nitrogens with one attached hydrogen (secondary N) is 1. The van der Waals surface area contributed by atoms with Crippen LogP contribution in [0.1, 0.15) is 16.7 Å². The highest BCUT2D eigenvalue weighted by molar-refractivity contribution is 6.54. The molecule has 2 aliphatic rings. The Bertz CT molecular complexity index is 586. The van der Waals surface area contributed by atoms with Crippen LogP contribution in [-0.4, -0.2) is 54.8 Å². The number of carbonyl (C=O) groups excluding carboxylic acids is 1. The molecule has 1 amide bonds. The Hall–Kier alpha value is -1.88. The molecule has 0 radical (unpaired) electrons. The van der Waals surface area contributed by atoms with Gasteiger partial charge in [0.25, 0.3) is 5.91 Å². The molecule has 0 aliphatic carbocycles. The van der Waals surface area contributed by atoms with Gasteiger partial charge in [-0.25, -0.2) is 0 Å². The second kappa shape index (κ2) is 4.90. The number of carbonyl (C=O) groups is 1. The van der Waals surface area contributed by atoms with E-state index in [0.717, 1.165) is 48.6 Å². The fourth-order valence-corrected chi connectivity index (χ4v) is 2.70. The van der Waals surface area contributed by atoms with Crippen molar-refractivity contribution in [3.63, 3.8) is 0 Å². The first-order valence-electron chi connectivity index (χ1n) is 7.00. The van der Waals surface area contributed by atoms with Crippen molar-refractivity contribution in [2.24, 2.45) is 5.10 Å². The summed E-state index contributed by atoms with van der Waals surface area (Å²) in [5.74, 6) is -0.0867. The smallest absolute Gasteiger partial charge is 0.276 e. The Balaban J connectivity index is 1.96. The van der Waals surface area contributed by atoms with Crippen LogP contribution in [0.4, 0.5) is 5.69 Å². The highest BCUT2D eigenvalue weighted by Crippen LogP contribution is 2.30. The maximum Gasteiger partial charge on any atom is 0.276 e. The van der Waals surface area contributed by atoms with E-state index < -0.39 is 0 Å². The third kappa shape index (κ3) is 2.18. The van der Waals surface area contributed by atoms with Gasteiger partial charge in [0.05, 0.1) is 5.69 Å². The summed E-state index contributed by atoms with van der Waals surface area (Å²) in [5, 5.41) is 9.56. The van der Waals surface area contributed by atoms with E-state index in [1.54, 1.807) is 0 Å². The molecule has 2 aliphatic heterocycles. The number of piperazine rings is 1. The number of anilines is 1. The fourth-order valence-electron chi connectivity index (χ4n) is 2.70. The van der Waals surface area contributed by atoms with Gasteiger partial charge in [-0.3, -0.25) is 9.80 Å². The Morgan fingerprint density at radius 1 is 1.10 bits per heavy atom. The molecular formula is C15H20N4O. The van der Waals surface area contributed by atoms with Crippen LogP contribution in [0.5, 0.6) is 0 Å². The van der Waals surface area contributed by atoms with Crippen LogP contribution in [-0.2, 0) is 4.79 Å². The predicted octanol–water partition coefficient (Wildman–Crippen LogP) is 1.21. The van der Waals surface area contributed by atoms with Gasteiger partial charge in [0, 0.05) is 31.7 Å². The highest BCUT2D eigenvalue weighted by Gasteiger charge is 2.30. The number of rotatable bonds is 1. The summed E-state index contributed by atoms with van der Waals surface area (Å²) in [5.41, 5.74) is 4.63. The number of aryl methyl sites for hydroxylation is 2. The van der Waals surface area contributed by atoms with E-state index in [0.29, 0.717) is 5.71 Å². The van der Waals surface area contributed by atoms with E-state index in [1.165, 1.54) is 0 Å². The SMILES string of the molecule is Cc1ccc(C)c2c1NC(=O)/C2=N\N1CCN(C)CC1. The van der Waals surface area contributed by atoms with E-state index >= 15 is 0 Å². The normalized spacial score (nSPS) is 21.2. The number of amides is 1. The molecule has 1 saturated heterocycles. The van der Waals surface area contributed by atoms with Crippen molar-refractivity contribution < 1.29 is 4.79 Å². The minimum atomic E-state index is -0.0867. The number of nitrogens with zero attached hydrogens (tertiary/aromatic N) is 3. The van der Waals surface area contributed by atoms with Crippen LogP contribution in [0.3, 0.4) is 0 Å². The molecule has 3 rings (SSSR count). The molecule has 5 nitrogen and oxygen atoms in total. The van der Waals surface area contributed by atoms with Crippen molar-refractivity contribution in [1.29, 1.82) is 0 Å². The standard InChI is InChI=1S/C15H20N4O/c1-10-4-5-11(2)13-12(10)14(15(20)16-13)17-19-8-6-18(3)7-9-19/h4-5H,6-9H2,1-3H3,(H,16,17,20). The van der Waals surface area contributed by atoms with Gasteiger partial charge in [0.1, 0.15) is 0 Å². The largest absolute Gasteiger partial charge is 0.320 e. The van der Waals surface area contributed by atoms with Crippen molar-refractivity contribution in [2.45, 2.75) is 13.8 Å². The van der Waals surface area contributed by atoms with Crippen LogP contribution >= 0.6 is 0 Å². The molecule has 0 atom stereocenters. The van der Waals surface area contributed by atoms with Gasteiger partial charge in [-0.15, -0.1) is 0 Å². The topological polar surface area (TPSA) is 47.9 Å². The second-order valence-electron chi connectivity index (χ2n) is 5.61. The summed E-state index contributed by atoms with van der Waals surface area (Å²) >= 11 is 0. The number of hydrazone groups is 1.